The van der Waals surface area contributed by atoms with E-state index in [2.05, 4.69) is 12.6 Å². The summed E-state index contributed by atoms with van der Waals surface area (Å²) in [6.07, 6.45) is 3.70. The van der Waals surface area contributed by atoms with Crippen LogP contribution in [0.2, 0.25) is 0 Å². The summed E-state index contributed by atoms with van der Waals surface area (Å²) in [6, 6.07) is 0. The zero-order valence-electron chi connectivity index (χ0n) is 10.8. The van der Waals surface area contributed by atoms with E-state index in [9.17, 15) is 9.59 Å². The smallest absolute Gasteiger partial charge is 0.324 e. The van der Waals surface area contributed by atoms with Crippen molar-refractivity contribution in [2.75, 3.05) is 5.75 Å². The molecule has 0 aromatic carbocycles. The molecule has 0 aromatic rings. The minimum atomic E-state index is -0.821. The summed E-state index contributed by atoms with van der Waals surface area (Å²) in [4.78, 5) is 23.6. The standard InChI is InChI=1S/C11H12O4.C2H6S/c1-3-11-7-5-4-6(14-7)10(11,2)8(12)15-9(11)13;1-2-3/h4-7H,3H2,1-2H3;3H,2H2,1H3. The van der Waals surface area contributed by atoms with Gasteiger partial charge < -0.3 is 9.47 Å². The van der Waals surface area contributed by atoms with Crippen molar-refractivity contribution in [3.8, 4) is 0 Å². The summed E-state index contributed by atoms with van der Waals surface area (Å²) in [5.41, 5.74) is -1.61. The average molecular weight is 270 g/mol. The Morgan fingerprint density at radius 1 is 1.22 bits per heavy atom. The largest absolute Gasteiger partial charge is 0.392 e. The monoisotopic (exact) mass is 270 g/mol. The van der Waals surface area contributed by atoms with E-state index in [1.165, 1.54) is 0 Å². The number of carbonyl (C=O) groups excluding carboxylic acids is 2. The highest BCUT2D eigenvalue weighted by molar-refractivity contribution is 7.80. The molecule has 2 saturated heterocycles. The van der Waals surface area contributed by atoms with Gasteiger partial charge in [-0.2, -0.15) is 12.6 Å². The molecular formula is C13H18O4S. The molecule has 4 atom stereocenters. The number of fused-ring (bicyclic) bond motifs is 5. The number of thiol groups is 1. The molecule has 0 aliphatic carbocycles. The van der Waals surface area contributed by atoms with E-state index in [-0.39, 0.29) is 12.2 Å². The van der Waals surface area contributed by atoms with E-state index in [4.69, 9.17) is 9.47 Å². The molecule has 0 amide bonds. The van der Waals surface area contributed by atoms with E-state index < -0.39 is 22.8 Å². The highest BCUT2D eigenvalue weighted by atomic mass is 32.1. The van der Waals surface area contributed by atoms with Crippen LogP contribution in [0, 0.1) is 10.8 Å². The maximum Gasteiger partial charge on any atom is 0.324 e. The Bertz CT molecular complexity index is 419. The topological polar surface area (TPSA) is 52.6 Å². The van der Waals surface area contributed by atoms with Crippen LogP contribution in [0.25, 0.3) is 0 Å². The van der Waals surface area contributed by atoms with Gasteiger partial charge in [-0.1, -0.05) is 26.0 Å². The Labute approximate surface area is 112 Å². The van der Waals surface area contributed by atoms with Gasteiger partial charge in [-0.25, -0.2) is 0 Å². The fraction of sp³-hybridized carbons (Fsp3) is 0.692. The second-order valence-corrected chi connectivity index (χ2v) is 5.52. The lowest BCUT2D eigenvalue weighted by atomic mass is 9.59. The van der Waals surface area contributed by atoms with Crippen LogP contribution < -0.4 is 0 Å². The van der Waals surface area contributed by atoms with E-state index in [1.54, 1.807) is 6.92 Å². The Hall–Kier alpha value is -0.810. The van der Waals surface area contributed by atoms with Crippen LogP contribution in [-0.4, -0.2) is 29.9 Å². The lowest BCUT2D eigenvalue weighted by molar-refractivity contribution is -0.159. The van der Waals surface area contributed by atoms with Gasteiger partial charge in [0.1, 0.15) is 10.8 Å². The Morgan fingerprint density at radius 2 is 1.78 bits per heavy atom. The second-order valence-electron chi connectivity index (χ2n) is 4.88. The molecule has 3 aliphatic rings. The van der Waals surface area contributed by atoms with Gasteiger partial charge in [0.15, 0.2) is 0 Å². The van der Waals surface area contributed by atoms with E-state index in [0.717, 1.165) is 5.75 Å². The minimum Gasteiger partial charge on any atom is -0.392 e. The molecule has 0 aromatic heterocycles. The third-order valence-corrected chi connectivity index (χ3v) is 4.27. The van der Waals surface area contributed by atoms with Crippen molar-refractivity contribution in [3.63, 3.8) is 0 Å². The molecule has 3 heterocycles. The highest BCUT2D eigenvalue weighted by Crippen LogP contribution is 2.62. The number of hydrogen-bond acceptors (Lipinski definition) is 5. The summed E-state index contributed by atoms with van der Waals surface area (Å²) >= 11 is 3.79. The van der Waals surface area contributed by atoms with Gasteiger partial charge in [0.25, 0.3) is 0 Å². The van der Waals surface area contributed by atoms with Crippen molar-refractivity contribution in [2.45, 2.75) is 39.4 Å². The Balaban J connectivity index is 0.000000367. The van der Waals surface area contributed by atoms with Crippen LogP contribution in [0.15, 0.2) is 12.2 Å². The maximum atomic E-state index is 11.9. The van der Waals surface area contributed by atoms with Gasteiger partial charge in [-0.3, -0.25) is 9.59 Å². The lowest BCUT2D eigenvalue weighted by Crippen LogP contribution is -2.48. The van der Waals surface area contributed by atoms with Crippen LogP contribution in [0.3, 0.4) is 0 Å². The third kappa shape index (κ3) is 1.32. The van der Waals surface area contributed by atoms with Crippen molar-refractivity contribution in [2.24, 2.45) is 10.8 Å². The normalized spacial score (nSPS) is 43.6. The van der Waals surface area contributed by atoms with Gasteiger partial charge >= 0.3 is 11.9 Å². The summed E-state index contributed by atoms with van der Waals surface area (Å²) < 4.78 is 10.5. The predicted molar refractivity (Wildman–Crippen MR) is 69.3 cm³/mol. The molecule has 3 rings (SSSR count). The molecule has 18 heavy (non-hydrogen) atoms. The lowest BCUT2D eigenvalue weighted by Gasteiger charge is -2.34. The van der Waals surface area contributed by atoms with Gasteiger partial charge in [0.2, 0.25) is 0 Å². The number of ether oxygens (including phenoxy) is 2. The molecule has 2 bridgehead atoms. The molecule has 2 fully saturated rings. The van der Waals surface area contributed by atoms with Crippen LogP contribution in [0.1, 0.15) is 27.2 Å². The van der Waals surface area contributed by atoms with Gasteiger partial charge in [0, 0.05) is 0 Å². The number of rotatable bonds is 1. The van der Waals surface area contributed by atoms with Crippen molar-refractivity contribution in [1.82, 2.24) is 0 Å². The van der Waals surface area contributed by atoms with Gasteiger partial charge in [-0.15, -0.1) is 0 Å². The molecule has 4 unspecified atom stereocenters. The average Bonchev–Trinajstić information content (AvgIpc) is 2.93. The van der Waals surface area contributed by atoms with E-state index in [1.807, 2.05) is 26.0 Å². The first-order valence-corrected chi connectivity index (χ1v) is 6.83. The molecule has 100 valence electrons. The van der Waals surface area contributed by atoms with Gasteiger partial charge in [0.05, 0.1) is 12.2 Å². The summed E-state index contributed by atoms with van der Waals surface area (Å²) in [7, 11) is 0. The third-order valence-electron chi connectivity index (χ3n) is 4.27. The molecule has 4 nitrogen and oxygen atoms in total. The quantitative estimate of drug-likeness (QED) is 0.341. The number of carbonyl (C=O) groups is 2. The number of esters is 2. The second kappa shape index (κ2) is 4.38. The number of cyclic esters (lactones) is 2. The SMILES string of the molecule is CCC12C(=O)OC(=O)C1(C)C1C=CC2O1.CCS. The molecular weight excluding hydrogens is 252 g/mol. The molecule has 0 saturated carbocycles. The summed E-state index contributed by atoms with van der Waals surface area (Å²) in [6.45, 7) is 5.66. The van der Waals surface area contributed by atoms with Crippen molar-refractivity contribution >= 4 is 24.6 Å². The van der Waals surface area contributed by atoms with Crippen molar-refractivity contribution in [3.05, 3.63) is 12.2 Å². The first-order valence-electron chi connectivity index (χ1n) is 6.20. The summed E-state index contributed by atoms with van der Waals surface area (Å²) in [5.74, 6) is 0.0838. The van der Waals surface area contributed by atoms with Crippen LogP contribution in [0.4, 0.5) is 0 Å². The van der Waals surface area contributed by atoms with Crippen molar-refractivity contribution < 1.29 is 19.1 Å². The first kappa shape index (κ1) is 13.6. The number of hydrogen-bond donors (Lipinski definition) is 1. The highest BCUT2D eigenvalue weighted by Gasteiger charge is 2.77. The van der Waals surface area contributed by atoms with Gasteiger partial charge in [-0.05, 0) is 19.1 Å². The molecule has 3 aliphatic heterocycles. The maximum absolute atomic E-state index is 11.9. The van der Waals surface area contributed by atoms with Crippen LogP contribution >= 0.6 is 12.6 Å². The minimum absolute atomic E-state index is 0.295. The zero-order chi connectivity index (χ0) is 13.6. The molecule has 0 spiro atoms. The first-order chi connectivity index (χ1) is 8.48. The Morgan fingerprint density at radius 3 is 2.28 bits per heavy atom. The van der Waals surface area contributed by atoms with E-state index in [0.29, 0.717) is 6.42 Å². The molecule has 0 radical (unpaired) electrons. The van der Waals surface area contributed by atoms with Crippen molar-refractivity contribution in [1.29, 1.82) is 0 Å². The Kier molecular flexibility index (Phi) is 3.32. The molecule has 5 heteroatoms. The van der Waals surface area contributed by atoms with Crippen LogP contribution in [-0.2, 0) is 19.1 Å². The zero-order valence-corrected chi connectivity index (χ0v) is 11.7. The predicted octanol–water partition coefficient (Wildman–Crippen LogP) is 1.75. The fourth-order valence-corrected chi connectivity index (χ4v) is 3.23. The van der Waals surface area contributed by atoms with E-state index >= 15 is 0 Å². The fourth-order valence-electron chi connectivity index (χ4n) is 3.23. The summed E-state index contributed by atoms with van der Waals surface area (Å²) in [5, 5.41) is 0. The molecule has 0 N–H and O–H groups in total. The van der Waals surface area contributed by atoms with Crippen LogP contribution in [0.5, 0.6) is 0 Å².